The lowest BCUT2D eigenvalue weighted by atomic mass is 10.0. The molecule has 0 amide bonds. The summed E-state index contributed by atoms with van der Waals surface area (Å²) < 4.78 is 12.8. The van der Waals surface area contributed by atoms with E-state index in [0.29, 0.717) is 18.5 Å². The SMILES string of the molecule is CC(=O)/C(=C\c1ccc(F)cc1)C(=O)CCN(C)C. The zero-order valence-electron chi connectivity index (χ0n) is 11.4. The topological polar surface area (TPSA) is 37.4 Å². The zero-order chi connectivity index (χ0) is 14.4. The largest absolute Gasteiger partial charge is 0.309 e. The Bertz CT molecular complexity index is 489. The van der Waals surface area contributed by atoms with Crippen molar-refractivity contribution in [2.75, 3.05) is 20.6 Å². The number of benzene rings is 1. The van der Waals surface area contributed by atoms with Crippen molar-refractivity contribution in [2.24, 2.45) is 0 Å². The van der Waals surface area contributed by atoms with E-state index < -0.39 is 0 Å². The molecule has 0 bridgehead atoms. The van der Waals surface area contributed by atoms with Gasteiger partial charge in [-0.2, -0.15) is 0 Å². The van der Waals surface area contributed by atoms with Crippen LogP contribution in [0, 0.1) is 5.82 Å². The highest BCUT2D eigenvalue weighted by Crippen LogP contribution is 2.11. The van der Waals surface area contributed by atoms with Crippen LogP contribution in [0.2, 0.25) is 0 Å². The van der Waals surface area contributed by atoms with Gasteiger partial charge in [0.05, 0.1) is 5.57 Å². The summed E-state index contributed by atoms with van der Waals surface area (Å²) in [4.78, 5) is 25.4. The molecule has 1 aromatic rings. The van der Waals surface area contributed by atoms with E-state index >= 15 is 0 Å². The molecular weight excluding hydrogens is 245 g/mol. The second kappa shape index (κ2) is 6.95. The lowest BCUT2D eigenvalue weighted by Gasteiger charge is -2.09. The van der Waals surface area contributed by atoms with Crippen LogP contribution in [0.5, 0.6) is 0 Å². The third kappa shape index (κ3) is 5.14. The predicted octanol–water partition coefficient (Wildman–Crippen LogP) is 2.32. The number of rotatable bonds is 6. The van der Waals surface area contributed by atoms with Crippen molar-refractivity contribution in [3.05, 3.63) is 41.2 Å². The van der Waals surface area contributed by atoms with Crippen LogP contribution in [0.3, 0.4) is 0 Å². The van der Waals surface area contributed by atoms with Crippen molar-refractivity contribution in [3.63, 3.8) is 0 Å². The van der Waals surface area contributed by atoms with Crippen LogP contribution in [-0.4, -0.2) is 37.1 Å². The van der Waals surface area contributed by atoms with E-state index in [1.165, 1.54) is 37.3 Å². The molecule has 0 spiro atoms. The number of allylic oxidation sites excluding steroid dienone is 1. The molecule has 0 saturated carbocycles. The standard InChI is InChI=1S/C15H18FNO2/c1-11(18)14(15(19)8-9-17(2)3)10-12-4-6-13(16)7-5-12/h4-7,10H,8-9H2,1-3H3/b14-10+. The highest BCUT2D eigenvalue weighted by molar-refractivity contribution is 6.22. The Hall–Kier alpha value is -1.81. The molecule has 0 aliphatic heterocycles. The molecule has 0 atom stereocenters. The highest BCUT2D eigenvalue weighted by atomic mass is 19.1. The quantitative estimate of drug-likeness (QED) is 0.449. The minimum atomic E-state index is -0.347. The van der Waals surface area contributed by atoms with E-state index in [1.807, 2.05) is 19.0 Å². The van der Waals surface area contributed by atoms with Gasteiger partial charge >= 0.3 is 0 Å². The second-order valence-electron chi connectivity index (χ2n) is 4.64. The molecule has 0 N–H and O–H groups in total. The summed E-state index contributed by atoms with van der Waals surface area (Å²) >= 11 is 0. The third-order valence-electron chi connectivity index (χ3n) is 2.65. The Kier molecular flexibility index (Phi) is 5.57. The van der Waals surface area contributed by atoms with Gasteiger partial charge in [0.25, 0.3) is 0 Å². The Morgan fingerprint density at radius 3 is 2.26 bits per heavy atom. The fourth-order valence-corrected chi connectivity index (χ4v) is 1.56. The first-order chi connectivity index (χ1) is 8.90. The van der Waals surface area contributed by atoms with E-state index in [9.17, 15) is 14.0 Å². The Morgan fingerprint density at radius 2 is 1.79 bits per heavy atom. The third-order valence-corrected chi connectivity index (χ3v) is 2.65. The summed E-state index contributed by atoms with van der Waals surface area (Å²) in [6.07, 6.45) is 1.80. The number of ketones is 2. The first kappa shape index (κ1) is 15.2. The first-order valence-electron chi connectivity index (χ1n) is 6.06. The number of nitrogens with zero attached hydrogens (tertiary/aromatic N) is 1. The second-order valence-corrected chi connectivity index (χ2v) is 4.64. The normalized spacial score (nSPS) is 11.7. The van der Waals surface area contributed by atoms with Gasteiger partial charge in [-0.05, 0) is 44.8 Å². The molecule has 1 aromatic carbocycles. The lowest BCUT2D eigenvalue weighted by Crippen LogP contribution is -2.19. The van der Waals surface area contributed by atoms with Gasteiger partial charge in [-0.25, -0.2) is 4.39 Å². The number of carbonyl (C=O) groups excluding carboxylic acids is 2. The molecule has 0 saturated heterocycles. The maximum Gasteiger partial charge on any atom is 0.167 e. The van der Waals surface area contributed by atoms with Gasteiger partial charge < -0.3 is 4.90 Å². The van der Waals surface area contributed by atoms with Gasteiger partial charge in [-0.15, -0.1) is 0 Å². The molecule has 0 radical (unpaired) electrons. The molecule has 0 unspecified atom stereocenters. The van der Waals surface area contributed by atoms with Crippen molar-refractivity contribution in [1.82, 2.24) is 4.90 Å². The smallest absolute Gasteiger partial charge is 0.167 e. The van der Waals surface area contributed by atoms with Crippen LogP contribution >= 0.6 is 0 Å². The van der Waals surface area contributed by atoms with Gasteiger partial charge in [-0.1, -0.05) is 12.1 Å². The minimum absolute atomic E-state index is 0.161. The average molecular weight is 263 g/mol. The van der Waals surface area contributed by atoms with Crippen LogP contribution < -0.4 is 0 Å². The van der Waals surface area contributed by atoms with Crippen LogP contribution in [0.1, 0.15) is 18.9 Å². The Morgan fingerprint density at radius 1 is 1.21 bits per heavy atom. The van der Waals surface area contributed by atoms with Crippen molar-refractivity contribution in [1.29, 1.82) is 0 Å². The Balaban J connectivity index is 2.91. The van der Waals surface area contributed by atoms with Crippen molar-refractivity contribution < 1.29 is 14.0 Å². The molecule has 0 fully saturated rings. The van der Waals surface area contributed by atoms with Gasteiger partial charge in [0.15, 0.2) is 11.6 Å². The summed E-state index contributed by atoms with van der Waals surface area (Å²) in [5.41, 5.74) is 0.804. The van der Waals surface area contributed by atoms with Crippen molar-refractivity contribution in [2.45, 2.75) is 13.3 Å². The fraction of sp³-hybridized carbons (Fsp3) is 0.333. The maximum absolute atomic E-state index is 12.8. The average Bonchev–Trinajstić information content (AvgIpc) is 2.34. The number of hydrogen-bond acceptors (Lipinski definition) is 3. The van der Waals surface area contributed by atoms with E-state index in [-0.39, 0.29) is 23.0 Å². The summed E-state index contributed by atoms with van der Waals surface area (Å²) in [6, 6.07) is 5.68. The summed E-state index contributed by atoms with van der Waals surface area (Å²) in [7, 11) is 3.73. The molecule has 19 heavy (non-hydrogen) atoms. The van der Waals surface area contributed by atoms with Crippen molar-refractivity contribution >= 4 is 17.6 Å². The maximum atomic E-state index is 12.8. The van der Waals surface area contributed by atoms with Gasteiger partial charge in [0, 0.05) is 13.0 Å². The molecule has 0 heterocycles. The fourth-order valence-electron chi connectivity index (χ4n) is 1.56. The molecular formula is C15H18FNO2. The number of hydrogen-bond donors (Lipinski definition) is 0. The van der Waals surface area contributed by atoms with E-state index in [4.69, 9.17) is 0 Å². The zero-order valence-corrected chi connectivity index (χ0v) is 11.4. The monoisotopic (exact) mass is 263 g/mol. The molecule has 4 heteroatoms. The van der Waals surface area contributed by atoms with Crippen molar-refractivity contribution in [3.8, 4) is 0 Å². The van der Waals surface area contributed by atoms with Gasteiger partial charge in [0.2, 0.25) is 0 Å². The molecule has 0 aliphatic carbocycles. The Labute approximate surface area is 112 Å². The molecule has 3 nitrogen and oxygen atoms in total. The van der Waals surface area contributed by atoms with E-state index in [0.717, 1.165) is 0 Å². The van der Waals surface area contributed by atoms with Crippen LogP contribution in [-0.2, 0) is 9.59 Å². The van der Waals surface area contributed by atoms with Crippen LogP contribution in [0.4, 0.5) is 4.39 Å². The number of halogens is 1. The summed E-state index contributed by atoms with van der Waals surface area (Å²) in [6.45, 7) is 1.95. The number of carbonyl (C=O) groups is 2. The van der Waals surface area contributed by atoms with Crippen LogP contribution in [0.15, 0.2) is 29.8 Å². The molecule has 102 valence electrons. The molecule has 0 aromatic heterocycles. The minimum Gasteiger partial charge on any atom is -0.309 e. The summed E-state index contributed by atoms with van der Waals surface area (Å²) in [5, 5.41) is 0. The lowest BCUT2D eigenvalue weighted by molar-refractivity contribution is -0.120. The predicted molar refractivity (Wildman–Crippen MR) is 73.2 cm³/mol. The van der Waals surface area contributed by atoms with E-state index in [2.05, 4.69) is 0 Å². The number of Topliss-reactive ketones (excluding diaryl/α,β-unsaturated/α-hetero) is 2. The molecule has 1 rings (SSSR count). The van der Waals surface area contributed by atoms with Crippen LogP contribution in [0.25, 0.3) is 6.08 Å². The first-order valence-corrected chi connectivity index (χ1v) is 6.06. The molecule has 0 aliphatic rings. The summed E-state index contributed by atoms with van der Waals surface area (Å²) in [5.74, 6) is -0.806. The highest BCUT2D eigenvalue weighted by Gasteiger charge is 2.14. The van der Waals surface area contributed by atoms with Gasteiger partial charge in [0.1, 0.15) is 5.82 Å². The van der Waals surface area contributed by atoms with Gasteiger partial charge in [-0.3, -0.25) is 9.59 Å². The van der Waals surface area contributed by atoms with E-state index in [1.54, 1.807) is 0 Å².